The van der Waals surface area contributed by atoms with E-state index in [1.807, 2.05) is 0 Å². The molecule has 1 aliphatic heterocycles. The molecule has 7 heteroatoms. The average molecular weight is 357 g/mol. The minimum Gasteiger partial charge on any atom is -0.384 e. The summed E-state index contributed by atoms with van der Waals surface area (Å²) in [7, 11) is 1.52. The second kappa shape index (κ2) is 8.44. The number of Topliss-reactive ketones (excluding diaryl/α,β-unsaturated/α-hetero) is 1. The van der Waals surface area contributed by atoms with E-state index in [0.717, 1.165) is 5.69 Å². The molecule has 1 aliphatic rings. The number of anilines is 1. The highest BCUT2D eigenvalue weighted by Gasteiger charge is 2.28. The first kappa shape index (κ1) is 18.7. The van der Waals surface area contributed by atoms with Crippen molar-refractivity contribution < 1.29 is 18.7 Å². The van der Waals surface area contributed by atoms with Gasteiger partial charge in [-0.2, -0.15) is 0 Å². The molecule has 0 N–H and O–H groups in total. The molecule has 1 unspecified atom stereocenters. The lowest BCUT2D eigenvalue weighted by Crippen LogP contribution is -2.51. The van der Waals surface area contributed by atoms with E-state index >= 15 is 0 Å². The Labute approximate surface area is 146 Å². The van der Waals surface area contributed by atoms with Crippen LogP contribution in [-0.2, 0) is 14.3 Å². The van der Waals surface area contributed by atoms with Crippen LogP contribution in [0.25, 0.3) is 0 Å². The summed E-state index contributed by atoms with van der Waals surface area (Å²) >= 11 is 5.82. The van der Waals surface area contributed by atoms with Gasteiger partial charge in [-0.05, 0) is 25.1 Å². The molecule has 1 saturated heterocycles. The number of rotatable bonds is 6. The fourth-order valence-electron chi connectivity index (χ4n) is 2.89. The summed E-state index contributed by atoms with van der Waals surface area (Å²) in [6, 6.07) is 4.62. The molecule has 0 spiro atoms. The summed E-state index contributed by atoms with van der Waals surface area (Å²) in [4.78, 5) is 27.7. The van der Waals surface area contributed by atoms with Crippen LogP contribution < -0.4 is 4.90 Å². The Hall–Kier alpha value is -1.66. The zero-order chi connectivity index (χ0) is 17.7. The minimum atomic E-state index is -0.444. The first-order valence-corrected chi connectivity index (χ1v) is 8.27. The van der Waals surface area contributed by atoms with Gasteiger partial charge < -0.3 is 19.3 Å². The van der Waals surface area contributed by atoms with Crippen LogP contribution >= 0.6 is 11.6 Å². The van der Waals surface area contributed by atoms with E-state index in [4.69, 9.17) is 16.3 Å². The van der Waals surface area contributed by atoms with Gasteiger partial charge in [-0.15, -0.1) is 0 Å². The number of methoxy groups -OCH3 is 1. The molecular weight excluding hydrogens is 335 g/mol. The monoisotopic (exact) mass is 356 g/mol. The maximum Gasteiger partial charge on any atom is 0.228 e. The van der Waals surface area contributed by atoms with Crippen molar-refractivity contribution in [2.24, 2.45) is 5.92 Å². The number of hydrogen-bond donors (Lipinski definition) is 0. The molecule has 0 saturated carbocycles. The predicted octanol–water partition coefficient (Wildman–Crippen LogP) is 2.37. The van der Waals surface area contributed by atoms with Crippen molar-refractivity contribution in [2.75, 3.05) is 44.8 Å². The van der Waals surface area contributed by atoms with Gasteiger partial charge in [0, 0.05) is 45.4 Å². The molecule has 0 aliphatic carbocycles. The van der Waals surface area contributed by atoms with Crippen LogP contribution in [0.3, 0.4) is 0 Å². The summed E-state index contributed by atoms with van der Waals surface area (Å²) in [5.74, 6) is -0.950. The van der Waals surface area contributed by atoms with Crippen molar-refractivity contribution in [1.82, 2.24) is 4.90 Å². The highest BCUT2D eigenvalue weighted by molar-refractivity contribution is 6.31. The van der Waals surface area contributed by atoms with Crippen LogP contribution in [-0.4, -0.2) is 56.5 Å². The zero-order valence-electron chi connectivity index (χ0n) is 13.9. The number of ether oxygens (including phenoxy) is 1. The highest BCUT2D eigenvalue weighted by atomic mass is 35.5. The molecule has 132 valence electrons. The van der Waals surface area contributed by atoms with Crippen LogP contribution in [0, 0.1) is 11.7 Å². The molecule has 0 bridgehead atoms. The van der Waals surface area contributed by atoms with E-state index in [9.17, 15) is 14.0 Å². The van der Waals surface area contributed by atoms with Gasteiger partial charge in [-0.3, -0.25) is 4.79 Å². The molecular formula is C17H22ClFN2O3. The minimum absolute atomic E-state index is 0.0232. The lowest BCUT2D eigenvalue weighted by atomic mass is 10.0. The lowest BCUT2D eigenvalue weighted by molar-refractivity contribution is -0.139. The molecule has 2 rings (SSSR count). The number of carbonyl (C=O) groups is 2. The van der Waals surface area contributed by atoms with Gasteiger partial charge >= 0.3 is 0 Å². The largest absolute Gasteiger partial charge is 0.384 e. The van der Waals surface area contributed by atoms with E-state index in [-0.39, 0.29) is 29.7 Å². The zero-order valence-corrected chi connectivity index (χ0v) is 14.7. The van der Waals surface area contributed by atoms with Crippen molar-refractivity contribution in [3.05, 3.63) is 29.0 Å². The van der Waals surface area contributed by atoms with E-state index in [2.05, 4.69) is 4.90 Å². The van der Waals surface area contributed by atoms with Gasteiger partial charge in [0.25, 0.3) is 0 Å². The Balaban J connectivity index is 1.96. The Morgan fingerprint density at radius 2 is 1.96 bits per heavy atom. The third kappa shape index (κ3) is 4.68. The van der Waals surface area contributed by atoms with Crippen LogP contribution in [0.2, 0.25) is 5.02 Å². The Bertz CT molecular complexity index is 603. The summed E-state index contributed by atoms with van der Waals surface area (Å²) in [5, 5.41) is 0.0904. The van der Waals surface area contributed by atoms with Gasteiger partial charge in [0.2, 0.25) is 5.91 Å². The van der Waals surface area contributed by atoms with Crippen molar-refractivity contribution in [3.63, 3.8) is 0 Å². The summed E-state index contributed by atoms with van der Waals surface area (Å²) in [6.45, 7) is 4.08. The van der Waals surface area contributed by atoms with Gasteiger partial charge in [-0.25, -0.2) is 4.39 Å². The summed E-state index contributed by atoms with van der Waals surface area (Å²) in [6.07, 6.45) is 0.195. The Morgan fingerprint density at radius 3 is 2.50 bits per heavy atom. The molecule has 1 atom stereocenters. The molecule has 5 nitrogen and oxygen atoms in total. The van der Waals surface area contributed by atoms with Gasteiger partial charge in [0.1, 0.15) is 11.6 Å². The van der Waals surface area contributed by atoms with E-state index in [0.29, 0.717) is 26.2 Å². The lowest BCUT2D eigenvalue weighted by Gasteiger charge is -2.37. The molecule has 1 heterocycles. The third-order valence-corrected chi connectivity index (χ3v) is 4.40. The SMILES string of the molecule is COCC(CC(C)=O)C(=O)N1CCN(c2ccc(F)c(Cl)c2)CC1. The maximum atomic E-state index is 13.3. The van der Waals surface area contributed by atoms with Gasteiger partial charge in [-0.1, -0.05) is 11.6 Å². The average Bonchev–Trinajstić information content (AvgIpc) is 2.56. The number of halogens is 2. The number of amides is 1. The first-order chi connectivity index (χ1) is 11.4. The molecule has 1 amide bonds. The van der Waals surface area contributed by atoms with Crippen molar-refractivity contribution in [3.8, 4) is 0 Å². The molecule has 1 fully saturated rings. The number of nitrogens with zero attached hydrogens (tertiary/aromatic N) is 2. The highest BCUT2D eigenvalue weighted by Crippen LogP contribution is 2.24. The normalized spacial score (nSPS) is 16.2. The van der Waals surface area contributed by atoms with E-state index < -0.39 is 11.7 Å². The predicted molar refractivity (Wildman–Crippen MR) is 90.9 cm³/mol. The number of carbonyl (C=O) groups excluding carboxylic acids is 2. The van der Waals surface area contributed by atoms with Crippen molar-refractivity contribution in [2.45, 2.75) is 13.3 Å². The smallest absolute Gasteiger partial charge is 0.228 e. The van der Waals surface area contributed by atoms with Crippen LogP contribution in [0.4, 0.5) is 10.1 Å². The number of ketones is 1. The fourth-order valence-corrected chi connectivity index (χ4v) is 3.07. The van der Waals surface area contributed by atoms with E-state index in [1.165, 1.54) is 20.1 Å². The van der Waals surface area contributed by atoms with Gasteiger partial charge in [0.15, 0.2) is 0 Å². The molecule has 0 aromatic heterocycles. The molecule has 24 heavy (non-hydrogen) atoms. The molecule has 1 aromatic rings. The Kier molecular flexibility index (Phi) is 6.57. The quantitative estimate of drug-likeness (QED) is 0.785. The molecule has 0 radical (unpaired) electrons. The first-order valence-electron chi connectivity index (χ1n) is 7.89. The topological polar surface area (TPSA) is 49.9 Å². The summed E-state index contributed by atoms with van der Waals surface area (Å²) in [5.41, 5.74) is 0.839. The van der Waals surface area contributed by atoms with E-state index in [1.54, 1.807) is 17.0 Å². The maximum absolute atomic E-state index is 13.3. The van der Waals surface area contributed by atoms with Crippen molar-refractivity contribution >= 4 is 29.0 Å². The van der Waals surface area contributed by atoms with Crippen LogP contribution in [0.15, 0.2) is 18.2 Å². The number of piperazine rings is 1. The third-order valence-electron chi connectivity index (χ3n) is 4.11. The fraction of sp³-hybridized carbons (Fsp3) is 0.529. The standard InChI is InChI=1S/C17H22ClFN2O3/c1-12(22)9-13(11-24-2)17(23)21-7-5-20(6-8-21)14-3-4-16(19)15(18)10-14/h3-4,10,13H,5-9,11H2,1-2H3. The Morgan fingerprint density at radius 1 is 1.29 bits per heavy atom. The second-order valence-electron chi connectivity index (χ2n) is 5.97. The number of hydrogen-bond acceptors (Lipinski definition) is 4. The van der Waals surface area contributed by atoms with Gasteiger partial charge in [0.05, 0.1) is 17.5 Å². The second-order valence-corrected chi connectivity index (χ2v) is 6.38. The molecule has 1 aromatic carbocycles. The van der Waals surface area contributed by atoms with Crippen LogP contribution in [0.1, 0.15) is 13.3 Å². The summed E-state index contributed by atoms with van der Waals surface area (Å²) < 4.78 is 18.3. The van der Waals surface area contributed by atoms with Crippen LogP contribution in [0.5, 0.6) is 0 Å². The van der Waals surface area contributed by atoms with Crippen molar-refractivity contribution in [1.29, 1.82) is 0 Å². The number of benzene rings is 1.